The third kappa shape index (κ3) is 5.98. The fraction of sp³-hybridized carbons (Fsp3) is 0.500. The number of nitrogens with two attached hydrogens (primary N) is 1. The van der Waals surface area contributed by atoms with E-state index >= 15 is 0 Å². The molecule has 182 valence electrons. The average Bonchev–Trinajstić information content (AvgIpc) is 2.99. The second-order valence-corrected chi connectivity index (χ2v) is 9.70. The summed E-state index contributed by atoms with van der Waals surface area (Å²) in [5, 5.41) is 3.37. The first-order chi connectivity index (χ1) is 16.5. The molecule has 4 rings (SSSR count). The SMILES string of the molecule is COc1ccc(CN2C(=O)[C@@H](N[C@@H](CCC3CCCCC3)C(N)=O)CCc3ccccc32)cc1. The summed E-state index contributed by atoms with van der Waals surface area (Å²) < 4.78 is 5.27. The number of anilines is 1. The molecule has 0 radical (unpaired) electrons. The first-order valence-electron chi connectivity index (χ1n) is 12.6. The number of primary amides is 1. The van der Waals surface area contributed by atoms with Crippen LogP contribution in [-0.4, -0.2) is 31.0 Å². The number of methoxy groups -OCH3 is 1. The number of hydrogen-bond acceptors (Lipinski definition) is 4. The summed E-state index contributed by atoms with van der Waals surface area (Å²) >= 11 is 0. The molecule has 34 heavy (non-hydrogen) atoms. The zero-order valence-electron chi connectivity index (χ0n) is 20.2. The van der Waals surface area contributed by atoms with Crippen molar-refractivity contribution in [2.45, 2.75) is 76.4 Å². The van der Waals surface area contributed by atoms with E-state index < -0.39 is 12.1 Å². The number of benzene rings is 2. The Morgan fingerprint density at radius 3 is 2.53 bits per heavy atom. The number of carbonyl (C=O) groups is 2. The lowest BCUT2D eigenvalue weighted by molar-refractivity contribution is -0.123. The highest BCUT2D eigenvalue weighted by atomic mass is 16.5. The van der Waals surface area contributed by atoms with Crippen molar-refractivity contribution < 1.29 is 14.3 Å². The predicted molar refractivity (Wildman–Crippen MR) is 135 cm³/mol. The predicted octanol–water partition coefficient (Wildman–Crippen LogP) is 4.35. The van der Waals surface area contributed by atoms with Crippen LogP contribution in [0.2, 0.25) is 0 Å². The van der Waals surface area contributed by atoms with Crippen LogP contribution in [0.25, 0.3) is 0 Å². The topological polar surface area (TPSA) is 84.7 Å². The summed E-state index contributed by atoms with van der Waals surface area (Å²) in [7, 11) is 1.64. The van der Waals surface area contributed by atoms with E-state index in [1.807, 2.05) is 47.4 Å². The van der Waals surface area contributed by atoms with Crippen LogP contribution in [0.4, 0.5) is 5.69 Å². The molecule has 0 aromatic heterocycles. The van der Waals surface area contributed by atoms with Crippen molar-refractivity contribution in [1.82, 2.24) is 5.32 Å². The molecule has 6 nitrogen and oxygen atoms in total. The first-order valence-corrected chi connectivity index (χ1v) is 12.6. The molecule has 1 heterocycles. The number of aryl methyl sites for hydroxylation is 1. The van der Waals surface area contributed by atoms with Crippen LogP contribution in [0.1, 0.15) is 62.5 Å². The molecule has 2 aliphatic rings. The number of ether oxygens (including phenoxy) is 1. The van der Waals surface area contributed by atoms with E-state index in [1.165, 1.54) is 32.1 Å². The summed E-state index contributed by atoms with van der Waals surface area (Å²) in [4.78, 5) is 27.9. The Kier molecular flexibility index (Phi) is 8.22. The summed E-state index contributed by atoms with van der Waals surface area (Å²) in [5.74, 6) is 1.07. The number of hydrogen-bond donors (Lipinski definition) is 2. The van der Waals surface area contributed by atoms with Gasteiger partial charge in [0.15, 0.2) is 0 Å². The van der Waals surface area contributed by atoms with Crippen LogP contribution < -0.4 is 20.7 Å². The zero-order valence-corrected chi connectivity index (χ0v) is 20.2. The smallest absolute Gasteiger partial charge is 0.244 e. The van der Waals surface area contributed by atoms with Crippen LogP contribution >= 0.6 is 0 Å². The van der Waals surface area contributed by atoms with E-state index in [0.717, 1.165) is 35.4 Å². The number of carbonyl (C=O) groups excluding carboxylic acids is 2. The quantitative estimate of drug-likeness (QED) is 0.579. The molecule has 2 amide bonds. The second kappa shape index (κ2) is 11.5. The van der Waals surface area contributed by atoms with Crippen LogP contribution in [0.3, 0.4) is 0 Å². The van der Waals surface area contributed by atoms with Gasteiger partial charge in [0.05, 0.1) is 25.7 Å². The monoisotopic (exact) mass is 463 g/mol. The standard InChI is InChI=1S/C28H37N3O3/c1-34-23-15-11-21(12-16-23)19-31-26-10-6-5-9-22(26)14-18-25(28(31)33)30-24(27(29)32)17-13-20-7-3-2-4-8-20/h5-6,9-12,15-16,20,24-25,30H,2-4,7-8,13-14,17-19H2,1H3,(H2,29,32)/t24-,25-/m0/s1. The Hall–Kier alpha value is -2.86. The Bertz CT molecular complexity index is 969. The molecular weight excluding hydrogens is 426 g/mol. The minimum atomic E-state index is -0.486. The van der Waals surface area contributed by atoms with Crippen molar-refractivity contribution in [3.63, 3.8) is 0 Å². The van der Waals surface area contributed by atoms with Crippen LogP contribution in [-0.2, 0) is 22.6 Å². The van der Waals surface area contributed by atoms with Gasteiger partial charge in [0, 0.05) is 5.69 Å². The van der Waals surface area contributed by atoms with Gasteiger partial charge < -0.3 is 15.4 Å². The largest absolute Gasteiger partial charge is 0.497 e. The molecule has 1 aliphatic carbocycles. The van der Waals surface area contributed by atoms with Gasteiger partial charge in [0.1, 0.15) is 5.75 Å². The third-order valence-electron chi connectivity index (χ3n) is 7.38. The highest BCUT2D eigenvalue weighted by Crippen LogP contribution is 2.30. The summed E-state index contributed by atoms with van der Waals surface area (Å²) in [6.07, 6.45) is 9.42. The number of amides is 2. The number of fused-ring (bicyclic) bond motifs is 1. The normalized spacial score (nSPS) is 19.9. The Labute approximate surface area is 202 Å². The van der Waals surface area contributed by atoms with E-state index in [0.29, 0.717) is 25.3 Å². The average molecular weight is 464 g/mol. The van der Waals surface area contributed by atoms with Gasteiger partial charge in [0.2, 0.25) is 11.8 Å². The highest BCUT2D eigenvalue weighted by Gasteiger charge is 2.33. The molecule has 0 unspecified atom stereocenters. The van der Waals surface area contributed by atoms with Crippen molar-refractivity contribution in [2.75, 3.05) is 12.0 Å². The molecule has 2 atom stereocenters. The Morgan fingerprint density at radius 1 is 1.09 bits per heavy atom. The maximum absolute atomic E-state index is 13.8. The van der Waals surface area contributed by atoms with E-state index in [9.17, 15) is 9.59 Å². The van der Waals surface area contributed by atoms with Gasteiger partial charge in [0.25, 0.3) is 0 Å². The molecule has 6 heteroatoms. The number of nitrogens with zero attached hydrogens (tertiary/aromatic N) is 1. The zero-order chi connectivity index (χ0) is 23.9. The maximum atomic E-state index is 13.8. The van der Waals surface area contributed by atoms with Crippen molar-refractivity contribution in [3.05, 3.63) is 59.7 Å². The Morgan fingerprint density at radius 2 is 1.82 bits per heavy atom. The number of nitrogens with one attached hydrogen (secondary N) is 1. The van der Waals surface area contributed by atoms with Crippen molar-refractivity contribution in [2.24, 2.45) is 11.7 Å². The summed E-state index contributed by atoms with van der Waals surface area (Å²) in [6.45, 7) is 0.460. The number of rotatable bonds is 9. The van der Waals surface area contributed by atoms with Crippen LogP contribution in [0.15, 0.2) is 48.5 Å². The molecule has 0 spiro atoms. The van der Waals surface area contributed by atoms with Gasteiger partial charge in [-0.2, -0.15) is 0 Å². The number of para-hydroxylation sites is 1. The second-order valence-electron chi connectivity index (χ2n) is 9.70. The van der Waals surface area contributed by atoms with E-state index in [4.69, 9.17) is 10.5 Å². The molecule has 2 aromatic rings. The molecular formula is C28H37N3O3. The van der Waals surface area contributed by atoms with Crippen molar-refractivity contribution in [1.29, 1.82) is 0 Å². The lowest BCUT2D eigenvalue weighted by Gasteiger charge is -2.29. The lowest BCUT2D eigenvalue weighted by atomic mass is 9.85. The molecule has 3 N–H and O–H groups in total. The van der Waals surface area contributed by atoms with Gasteiger partial charge in [-0.25, -0.2) is 0 Å². The first kappa shape index (κ1) is 24.3. The van der Waals surface area contributed by atoms with Gasteiger partial charge in [-0.15, -0.1) is 0 Å². The summed E-state index contributed by atoms with van der Waals surface area (Å²) in [6, 6.07) is 14.9. The fourth-order valence-electron chi connectivity index (χ4n) is 5.38. The van der Waals surface area contributed by atoms with Crippen molar-refractivity contribution in [3.8, 4) is 5.75 Å². The van der Waals surface area contributed by atoms with Gasteiger partial charge in [-0.3, -0.25) is 14.9 Å². The minimum Gasteiger partial charge on any atom is -0.497 e. The van der Waals surface area contributed by atoms with Gasteiger partial charge in [-0.1, -0.05) is 62.4 Å². The van der Waals surface area contributed by atoms with E-state index in [2.05, 4.69) is 11.4 Å². The third-order valence-corrected chi connectivity index (χ3v) is 7.38. The molecule has 1 aliphatic heterocycles. The minimum absolute atomic E-state index is 0.00955. The maximum Gasteiger partial charge on any atom is 0.244 e. The molecule has 1 fully saturated rings. The molecule has 0 saturated heterocycles. The van der Waals surface area contributed by atoms with Gasteiger partial charge >= 0.3 is 0 Å². The van der Waals surface area contributed by atoms with Crippen LogP contribution in [0, 0.1) is 5.92 Å². The van der Waals surface area contributed by atoms with Crippen molar-refractivity contribution >= 4 is 17.5 Å². The van der Waals surface area contributed by atoms with E-state index in [1.54, 1.807) is 7.11 Å². The molecule has 2 aromatic carbocycles. The van der Waals surface area contributed by atoms with Crippen LogP contribution in [0.5, 0.6) is 5.75 Å². The fourth-order valence-corrected chi connectivity index (χ4v) is 5.38. The van der Waals surface area contributed by atoms with Gasteiger partial charge in [-0.05, 0) is 60.9 Å². The Balaban J connectivity index is 1.50. The molecule has 1 saturated carbocycles. The lowest BCUT2D eigenvalue weighted by Crippen LogP contribution is -2.53. The van der Waals surface area contributed by atoms with E-state index in [-0.39, 0.29) is 11.8 Å². The molecule has 0 bridgehead atoms. The highest BCUT2D eigenvalue weighted by molar-refractivity contribution is 5.99. The summed E-state index contributed by atoms with van der Waals surface area (Å²) in [5.41, 5.74) is 8.89.